The summed E-state index contributed by atoms with van der Waals surface area (Å²) in [7, 11) is 0. The zero-order chi connectivity index (χ0) is 20.4. The van der Waals surface area contributed by atoms with Gasteiger partial charge in [0.05, 0.1) is 11.9 Å². The molecule has 0 saturated heterocycles. The lowest BCUT2D eigenvalue weighted by Gasteiger charge is -2.08. The number of hydrogen-bond donors (Lipinski definition) is 2. The smallest absolute Gasteiger partial charge is 0.293 e. The molecule has 0 unspecified atom stereocenters. The Morgan fingerprint density at radius 3 is 2.57 bits per heavy atom. The highest BCUT2D eigenvalue weighted by Crippen LogP contribution is 2.26. The zero-order valence-electron chi connectivity index (χ0n) is 15.1. The van der Waals surface area contributed by atoms with E-state index in [-0.39, 0.29) is 23.2 Å². The number of aromatic nitrogens is 5. The first-order valence-corrected chi connectivity index (χ1v) is 9.71. The summed E-state index contributed by atoms with van der Waals surface area (Å²) in [5.41, 5.74) is 10.7. The Morgan fingerprint density at radius 2 is 2.00 bits per heavy atom. The second kappa shape index (κ2) is 8.19. The quantitative estimate of drug-likeness (QED) is 0.396. The van der Waals surface area contributed by atoms with Crippen molar-refractivity contribution in [2.45, 2.75) is 26.7 Å². The lowest BCUT2D eigenvalue weighted by atomic mass is 10.1. The Bertz CT molecular complexity index is 1030. The van der Waals surface area contributed by atoms with Gasteiger partial charge in [-0.2, -0.15) is 9.78 Å². The van der Waals surface area contributed by atoms with Crippen molar-refractivity contribution in [2.24, 2.45) is 5.10 Å². The van der Waals surface area contributed by atoms with E-state index in [0.29, 0.717) is 5.69 Å². The van der Waals surface area contributed by atoms with Crippen LogP contribution in [0.15, 0.2) is 30.8 Å². The van der Waals surface area contributed by atoms with Crippen LogP contribution in [0.1, 0.15) is 47.1 Å². The van der Waals surface area contributed by atoms with Gasteiger partial charge in [0.1, 0.15) is 0 Å². The number of hydrazone groups is 1. The third-order valence-corrected chi connectivity index (χ3v) is 5.49. The van der Waals surface area contributed by atoms with Crippen LogP contribution in [0.5, 0.6) is 0 Å². The van der Waals surface area contributed by atoms with Gasteiger partial charge in [0.25, 0.3) is 5.91 Å². The molecule has 1 aromatic carbocycles. The van der Waals surface area contributed by atoms with Gasteiger partial charge in [-0.05, 0) is 46.4 Å². The summed E-state index contributed by atoms with van der Waals surface area (Å²) in [6.45, 7) is 5.76. The van der Waals surface area contributed by atoms with Gasteiger partial charge in [0, 0.05) is 8.95 Å². The fourth-order valence-corrected chi connectivity index (χ4v) is 3.64. The average Bonchev–Trinajstić information content (AvgIpc) is 3.25. The molecule has 3 aromatic rings. The van der Waals surface area contributed by atoms with Gasteiger partial charge in [-0.15, -0.1) is 5.10 Å². The minimum Gasteiger partial charge on any atom is -0.378 e. The summed E-state index contributed by atoms with van der Waals surface area (Å²) in [5, 5.41) is 19.1. The number of halogens is 2. The first-order valence-electron chi connectivity index (χ1n) is 8.12. The lowest BCUT2D eigenvalue weighted by Crippen LogP contribution is -2.21. The number of nitrogens with zero attached hydrogens (tertiary/aromatic N) is 6. The second-order valence-electron chi connectivity index (χ2n) is 6.17. The summed E-state index contributed by atoms with van der Waals surface area (Å²) in [4.78, 5) is 12.6. The van der Waals surface area contributed by atoms with Gasteiger partial charge < -0.3 is 5.73 Å². The van der Waals surface area contributed by atoms with E-state index in [9.17, 15) is 4.79 Å². The molecule has 2 aromatic heterocycles. The van der Waals surface area contributed by atoms with E-state index in [4.69, 9.17) is 5.73 Å². The van der Waals surface area contributed by atoms with Crippen LogP contribution >= 0.6 is 31.9 Å². The maximum atomic E-state index is 12.6. The Labute approximate surface area is 176 Å². The second-order valence-corrected chi connectivity index (χ2v) is 7.88. The summed E-state index contributed by atoms with van der Waals surface area (Å²) in [5.74, 6) is -0.383. The number of hydrogen-bond acceptors (Lipinski definition) is 8. The normalized spacial score (nSPS) is 11.5. The van der Waals surface area contributed by atoms with E-state index in [1.807, 2.05) is 32.9 Å². The summed E-state index contributed by atoms with van der Waals surface area (Å²) >= 11 is 6.96. The number of carbonyl (C=O) groups is 1. The number of carbonyl (C=O) groups excluding carboxylic acids is 1. The zero-order valence-corrected chi connectivity index (χ0v) is 18.3. The van der Waals surface area contributed by atoms with Gasteiger partial charge >= 0.3 is 0 Å². The molecule has 146 valence electrons. The first-order chi connectivity index (χ1) is 13.3. The number of nitrogen functional groups attached to an aromatic ring is 1. The average molecular weight is 512 g/mol. The molecule has 0 atom stereocenters. The standard InChI is InChI=1S/C16H16Br2N8O2/c1-7(2)13-12(21-25-26(13)15-14(19)23-28-24-15)16(27)22-20-6-9-4-10(17)8(3)11(18)5-9/h4-7H,1-3H3,(H2,19,23)(H,22,27). The summed E-state index contributed by atoms with van der Waals surface area (Å²) in [6, 6.07) is 3.79. The molecule has 3 N–H and O–H groups in total. The molecule has 1 amide bonds. The van der Waals surface area contributed by atoms with E-state index < -0.39 is 5.91 Å². The Balaban J connectivity index is 1.83. The number of rotatable bonds is 5. The number of amides is 1. The van der Waals surface area contributed by atoms with Crippen LogP contribution in [0.4, 0.5) is 5.82 Å². The highest BCUT2D eigenvalue weighted by molar-refractivity contribution is 9.11. The molecule has 28 heavy (non-hydrogen) atoms. The highest BCUT2D eigenvalue weighted by Gasteiger charge is 2.25. The van der Waals surface area contributed by atoms with Crippen LogP contribution in [0.25, 0.3) is 5.82 Å². The van der Waals surface area contributed by atoms with Crippen molar-refractivity contribution in [1.82, 2.24) is 30.7 Å². The van der Waals surface area contributed by atoms with Gasteiger partial charge in [0.15, 0.2) is 5.69 Å². The van der Waals surface area contributed by atoms with Gasteiger partial charge in [0.2, 0.25) is 11.6 Å². The minimum atomic E-state index is -0.508. The molecule has 3 rings (SSSR count). The summed E-state index contributed by atoms with van der Waals surface area (Å²) in [6.07, 6.45) is 1.53. The molecule has 0 aliphatic heterocycles. The third-order valence-electron chi connectivity index (χ3n) is 3.85. The van der Waals surface area contributed by atoms with Crippen LogP contribution in [-0.2, 0) is 0 Å². The highest BCUT2D eigenvalue weighted by atomic mass is 79.9. The Kier molecular flexibility index (Phi) is 5.89. The van der Waals surface area contributed by atoms with Gasteiger partial charge in [-0.1, -0.05) is 50.9 Å². The van der Waals surface area contributed by atoms with Crippen LogP contribution in [-0.4, -0.2) is 37.4 Å². The van der Waals surface area contributed by atoms with E-state index in [2.05, 4.69) is 67.6 Å². The van der Waals surface area contributed by atoms with Crippen LogP contribution in [0, 0.1) is 6.92 Å². The first kappa shape index (κ1) is 20.1. The molecule has 10 nitrogen and oxygen atoms in total. The predicted molar refractivity (Wildman–Crippen MR) is 109 cm³/mol. The van der Waals surface area contributed by atoms with E-state index in [1.165, 1.54) is 10.9 Å². The number of benzene rings is 1. The molecule has 0 radical (unpaired) electrons. The minimum absolute atomic E-state index is 0.0484. The van der Waals surface area contributed by atoms with Crippen LogP contribution in [0.2, 0.25) is 0 Å². The topological polar surface area (TPSA) is 137 Å². The number of nitrogens with two attached hydrogens (primary N) is 1. The molecule has 12 heteroatoms. The molecule has 0 bridgehead atoms. The van der Waals surface area contributed by atoms with Crippen molar-refractivity contribution < 1.29 is 9.42 Å². The van der Waals surface area contributed by atoms with Gasteiger partial charge in [-0.3, -0.25) is 4.79 Å². The van der Waals surface area contributed by atoms with Crippen LogP contribution < -0.4 is 11.2 Å². The van der Waals surface area contributed by atoms with E-state index >= 15 is 0 Å². The molecule has 0 saturated carbocycles. The van der Waals surface area contributed by atoms with Crippen molar-refractivity contribution in [3.63, 3.8) is 0 Å². The van der Waals surface area contributed by atoms with Crippen molar-refractivity contribution in [1.29, 1.82) is 0 Å². The van der Waals surface area contributed by atoms with Crippen molar-refractivity contribution in [3.05, 3.63) is 43.6 Å². The molecule has 0 aliphatic rings. The van der Waals surface area contributed by atoms with Crippen molar-refractivity contribution in [3.8, 4) is 5.82 Å². The third kappa shape index (κ3) is 3.97. The fraction of sp³-hybridized carbons (Fsp3) is 0.250. The largest absolute Gasteiger partial charge is 0.378 e. The maximum Gasteiger partial charge on any atom is 0.293 e. The SMILES string of the molecule is Cc1c(Br)cc(C=NNC(=O)c2nnn(-c3nonc3N)c2C(C)C)cc1Br. The van der Waals surface area contributed by atoms with Crippen molar-refractivity contribution >= 4 is 49.8 Å². The molecule has 0 fully saturated rings. The van der Waals surface area contributed by atoms with E-state index in [1.54, 1.807) is 0 Å². The summed E-state index contributed by atoms with van der Waals surface area (Å²) < 4.78 is 7.80. The molecule has 0 aliphatic carbocycles. The fourth-order valence-electron chi connectivity index (χ4n) is 2.42. The van der Waals surface area contributed by atoms with Gasteiger partial charge in [-0.25, -0.2) is 10.1 Å². The predicted octanol–water partition coefficient (Wildman–Crippen LogP) is 2.95. The maximum absolute atomic E-state index is 12.6. The molecule has 2 heterocycles. The monoisotopic (exact) mass is 510 g/mol. The molecule has 0 spiro atoms. The van der Waals surface area contributed by atoms with E-state index in [0.717, 1.165) is 20.1 Å². The Hall–Kier alpha value is -2.60. The Morgan fingerprint density at radius 1 is 1.32 bits per heavy atom. The lowest BCUT2D eigenvalue weighted by molar-refractivity contribution is 0.0948. The van der Waals surface area contributed by atoms with Crippen molar-refractivity contribution in [2.75, 3.05) is 5.73 Å². The number of anilines is 1. The molecular formula is C16H16Br2N8O2. The molecular weight excluding hydrogens is 496 g/mol. The van der Waals surface area contributed by atoms with Crippen LogP contribution in [0.3, 0.4) is 0 Å². The number of nitrogens with one attached hydrogen (secondary N) is 1.